The summed E-state index contributed by atoms with van der Waals surface area (Å²) in [7, 11) is -3.99. The summed E-state index contributed by atoms with van der Waals surface area (Å²) in [6.07, 6.45) is 0.998. The topological polar surface area (TPSA) is 72.2 Å². The molecule has 0 bridgehead atoms. The van der Waals surface area contributed by atoms with Gasteiger partial charge in [0.2, 0.25) is 10.0 Å². The van der Waals surface area contributed by atoms with Crippen LogP contribution in [0.15, 0.2) is 23.1 Å². The molecule has 0 aliphatic carbocycles. The molecule has 0 saturated carbocycles. The lowest BCUT2D eigenvalue weighted by atomic mass is 10.2. The lowest BCUT2D eigenvalue weighted by Crippen LogP contribution is -2.36. The van der Waals surface area contributed by atoms with Gasteiger partial charge in [-0.2, -0.15) is 0 Å². The maximum atomic E-state index is 13.4. The Balaban J connectivity index is 2.99. The Bertz CT molecular complexity index is 506. The van der Waals surface area contributed by atoms with Crippen molar-refractivity contribution in [2.24, 2.45) is 5.73 Å². The highest BCUT2D eigenvalue weighted by Crippen LogP contribution is 2.16. The Morgan fingerprint density at radius 1 is 1.39 bits per heavy atom. The molecule has 0 amide bonds. The van der Waals surface area contributed by atoms with Crippen LogP contribution in [-0.2, 0) is 10.0 Å². The summed E-state index contributed by atoms with van der Waals surface area (Å²) in [6.45, 7) is 2.12. The summed E-state index contributed by atoms with van der Waals surface area (Å²) in [6, 6.07) is 1.99. The average molecular weight is 278 g/mol. The smallest absolute Gasteiger partial charge is 0.243 e. The molecule has 0 spiro atoms. The van der Waals surface area contributed by atoms with Crippen molar-refractivity contribution in [2.45, 2.75) is 30.7 Å². The van der Waals surface area contributed by atoms with Crippen LogP contribution < -0.4 is 10.5 Å². The van der Waals surface area contributed by atoms with Gasteiger partial charge in [-0.15, -0.1) is 0 Å². The van der Waals surface area contributed by atoms with E-state index in [0.29, 0.717) is 25.5 Å². The molecule has 1 aromatic rings. The number of halogens is 2. The quantitative estimate of drug-likeness (QED) is 0.825. The second-order valence-corrected chi connectivity index (χ2v) is 5.56. The molecular weight excluding hydrogens is 262 g/mol. The highest BCUT2D eigenvalue weighted by molar-refractivity contribution is 7.89. The van der Waals surface area contributed by atoms with Gasteiger partial charge in [-0.3, -0.25) is 0 Å². The first-order valence-electron chi connectivity index (χ1n) is 5.58. The molecule has 0 fully saturated rings. The highest BCUT2D eigenvalue weighted by atomic mass is 32.2. The fourth-order valence-electron chi connectivity index (χ4n) is 1.52. The minimum absolute atomic E-state index is 0.326. The average Bonchev–Trinajstić information content (AvgIpc) is 2.27. The van der Waals surface area contributed by atoms with Gasteiger partial charge in [-0.25, -0.2) is 21.9 Å². The van der Waals surface area contributed by atoms with Crippen molar-refractivity contribution in [3.8, 4) is 0 Å². The van der Waals surface area contributed by atoms with Crippen molar-refractivity contribution < 1.29 is 17.2 Å². The Labute approximate surface area is 105 Å². The van der Waals surface area contributed by atoms with Crippen LogP contribution in [0.25, 0.3) is 0 Å². The number of hydrogen-bond donors (Lipinski definition) is 2. The Morgan fingerprint density at radius 3 is 2.56 bits per heavy atom. The van der Waals surface area contributed by atoms with Crippen molar-refractivity contribution in [1.82, 2.24) is 4.72 Å². The number of sulfonamides is 1. The molecule has 0 aliphatic rings. The lowest BCUT2D eigenvalue weighted by Gasteiger charge is -2.16. The van der Waals surface area contributed by atoms with Crippen molar-refractivity contribution in [2.75, 3.05) is 6.54 Å². The van der Waals surface area contributed by atoms with Gasteiger partial charge in [0, 0.05) is 12.1 Å². The number of nitrogens with two attached hydrogens (primary N) is 1. The van der Waals surface area contributed by atoms with Crippen molar-refractivity contribution in [3.05, 3.63) is 29.8 Å². The third-order valence-corrected chi connectivity index (χ3v) is 4.07. The molecule has 1 atom stereocenters. The van der Waals surface area contributed by atoms with Gasteiger partial charge in [0.15, 0.2) is 0 Å². The van der Waals surface area contributed by atoms with Gasteiger partial charge in [-0.05, 0) is 31.5 Å². The summed E-state index contributed by atoms with van der Waals surface area (Å²) in [5.41, 5.74) is 5.35. The van der Waals surface area contributed by atoms with Crippen LogP contribution in [0.3, 0.4) is 0 Å². The minimum atomic E-state index is -3.99. The van der Waals surface area contributed by atoms with E-state index in [1.54, 1.807) is 6.92 Å². The van der Waals surface area contributed by atoms with E-state index in [1.165, 1.54) is 0 Å². The summed E-state index contributed by atoms with van der Waals surface area (Å²) in [5.74, 6) is -1.93. The number of benzene rings is 1. The second kappa shape index (κ2) is 6.21. The van der Waals surface area contributed by atoms with Gasteiger partial charge in [-0.1, -0.05) is 6.92 Å². The predicted molar refractivity (Wildman–Crippen MR) is 64.4 cm³/mol. The summed E-state index contributed by atoms with van der Waals surface area (Å²) in [4.78, 5) is -0.556. The van der Waals surface area contributed by atoms with E-state index < -0.39 is 26.6 Å². The molecule has 0 aromatic heterocycles. The third kappa shape index (κ3) is 3.72. The van der Waals surface area contributed by atoms with Crippen LogP contribution in [0.4, 0.5) is 8.78 Å². The van der Waals surface area contributed by atoms with Crippen LogP contribution in [-0.4, -0.2) is 21.0 Å². The van der Waals surface area contributed by atoms with Gasteiger partial charge >= 0.3 is 0 Å². The lowest BCUT2D eigenvalue weighted by molar-refractivity contribution is 0.510. The van der Waals surface area contributed by atoms with E-state index >= 15 is 0 Å². The molecule has 0 aliphatic heterocycles. The van der Waals surface area contributed by atoms with Crippen molar-refractivity contribution >= 4 is 10.0 Å². The highest BCUT2D eigenvalue weighted by Gasteiger charge is 2.22. The zero-order valence-electron chi connectivity index (χ0n) is 9.99. The fourth-order valence-corrected chi connectivity index (χ4v) is 2.94. The normalized spacial score (nSPS) is 13.6. The molecule has 7 heteroatoms. The van der Waals surface area contributed by atoms with Crippen molar-refractivity contribution in [3.63, 3.8) is 0 Å². The maximum Gasteiger partial charge on any atom is 0.243 e. The zero-order chi connectivity index (χ0) is 13.8. The van der Waals surface area contributed by atoms with Gasteiger partial charge in [0.05, 0.1) is 0 Å². The van der Waals surface area contributed by atoms with Crippen LogP contribution in [0, 0.1) is 11.6 Å². The van der Waals surface area contributed by atoms with E-state index in [0.717, 1.165) is 12.1 Å². The summed E-state index contributed by atoms with van der Waals surface area (Å²) >= 11 is 0. The Hall–Kier alpha value is -1.05. The SMILES string of the molecule is CCC(CCN)NS(=O)(=O)c1ccc(F)cc1F. The second-order valence-electron chi connectivity index (χ2n) is 3.88. The first-order chi connectivity index (χ1) is 8.40. The summed E-state index contributed by atoms with van der Waals surface area (Å²) < 4.78 is 52.3. The Morgan fingerprint density at radius 2 is 2.06 bits per heavy atom. The maximum absolute atomic E-state index is 13.4. The zero-order valence-corrected chi connectivity index (χ0v) is 10.8. The monoisotopic (exact) mass is 278 g/mol. The molecule has 3 N–H and O–H groups in total. The molecule has 0 saturated heterocycles. The number of hydrogen-bond acceptors (Lipinski definition) is 3. The van der Waals surface area contributed by atoms with E-state index in [2.05, 4.69) is 4.72 Å². The summed E-state index contributed by atoms with van der Waals surface area (Å²) in [5, 5.41) is 0. The van der Waals surface area contributed by atoms with Crippen molar-refractivity contribution in [1.29, 1.82) is 0 Å². The minimum Gasteiger partial charge on any atom is -0.330 e. The van der Waals surface area contributed by atoms with Crippen LogP contribution in [0.2, 0.25) is 0 Å². The van der Waals surface area contributed by atoms with E-state index in [-0.39, 0.29) is 6.04 Å². The van der Waals surface area contributed by atoms with Gasteiger partial charge in [0.1, 0.15) is 16.5 Å². The molecule has 1 unspecified atom stereocenters. The molecule has 102 valence electrons. The molecule has 18 heavy (non-hydrogen) atoms. The number of rotatable bonds is 6. The van der Waals surface area contributed by atoms with E-state index in [1.807, 2.05) is 0 Å². The van der Waals surface area contributed by atoms with Crippen LogP contribution in [0.1, 0.15) is 19.8 Å². The standard InChI is InChI=1S/C11H16F2N2O2S/c1-2-9(5-6-14)15-18(16,17)11-4-3-8(12)7-10(11)13/h3-4,7,9,15H,2,5-6,14H2,1H3. The van der Waals surface area contributed by atoms with E-state index in [4.69, 9.17) is 5.73 Å². The van der Waals surface area contributed by atoms with E-state index in [9.17, 15) is 17.2 Å². The van der Waals surface area contributed by atoms with Gasteiger partial charge < -0.3 is 5.73 Å². The molecular formula is C11H16F2N2O2S. The molecule has 0 radical (unpaired) electrons. The first kappa shape index (κ1) is 15.0. The molecule has 1 rings (SSSR count). The van der Waals surface area contributed by atoms with Crippen LogP contribution >= 0.6 is 0 Å². The fraction of sp³-hybridized carbons (Fsp3) is 0.455. The first-order valence-corrected chi connectivity index (χ1v) is 7.06. The van der Waals surface area contributed by atoms with Gasteiger partial charge in [0.25, 0.3) is 0 Å². The predicted octanol–water partition coefficient (Wildman–Crippen LogP) is 1.37. The molecule has 4 nitrogen and oxygen atoms in total. The number of nitrogens with one attached hydrogen (secondary N) is 1. The third-order valence-electron chi connectivity index (χ3n) is 2.51. The largest absolute Gasteiger partial charge is 0.330 e. The molecule has 1 aromatic carbocycles. The Kier molecular flexibility index (Phi) is 5.18. The van der Waals surface area contributed by atoms with Crippen LogP contribution in [0.5, 0.6) is 0 Å². The molecule has 0 heterocycles.